The number of benzene rings is 1. The van der Waals surface area contributed by atoms with Crippen LogP contribution in [0.3, 0.4) is 0 Å². The minimum atomic E-state index is -0.921. The first kappa shape index (κ1) is 12.6. The first-order valence-corrected chi connectivity index (χ1v) is 6.74. The molecule has 0 saturated carbocycles. The molecule has 0 radical (unpaired) electrons. The highest BCUT2D eigenvalue weighted by atomic mass is 127. The maximum absolute atomic E-state index is 11.2. The number of carbonyl (C=O) groups is 1. The number of carboxylic acids is 1. The Labute approximate surface area is 121 Å². The van der Waals surface area contributed by atoms with Crippen LogP contribution in [0.25, 0.3) is 5.69 Å². The lowest BCUT2D eigenvalue weighted by atomic mass is 10.2. The van der Waals surface area contributed by atoms with Gasteiger partial charge in [0.2, 0.25) is 0 Å². The topological polar surface area (TPSA) is 42.2 Å². The second-order valence-electron chi connectivity index (χ2n) is 3.65. The molecule has 88 valence electrons. The van der Waals surface area contributed by atoms with Crippen molar-refractivity contribution in [2.45, 2.75) is 6.92 Å². The molecule has 0 unspecified atom stereocenters. The van der Waals surface area contributed by atoms with Crippen molar-refractivity contribution in [2.24, 2.45) is 0 Å². The van der Waals surface area contributed by atoms with Crippen molar-refractivity contribution < 1.29 is 9.90 Å². The van der Waals surface area contributed by atoms with Crippen molar-refractivity contribution >= 4 is 44.5 Å². The number of nitrogens with zero attached hydrogens (tertiary/aromatic N) is 1. The van der Waals surface area contributed by atoms with Crippen LogP contribution in [-0.4, -0.2) is 15.6 Å². The van der Waals surface area contributed by atoms with E-state index in [-0.39, 0.29) is 5.69 Å². The molecule has 1 aromatic carbocycles. The van der Waals surface area contributed by atoms with E-state index >= 15 is 0 Å². The van der Waals surface area contributed by atoms with Crippen molar-refractivity contribution in [2.75, 3.05) is 0 Å². The van der Waals surface area contributed by atoms with E-state index < -0.39 is 5.97 Å². The van der Waals surface area contributed by atoms with E-state index in [0.717, 1.165) is 19.3 Å². The Morgan fingerprint density at radius 3 is 2.71 bits per heavy atom. The molecule has 5 heteroatoms. The zero-order valence-corrected chi connectivity index (χ0v) is 12.7. The number of rotatable bonds is 2. The third-order valence-corrected chi connectivity index (χ3v) is 3.51. The van der Waals surface area contributed by atoms with Gasteiger partial charge in [0, 0.05) is 19.9 Å². The first-order chi connectivity index (χ1) is 7.99. The molecule has 0 amide bonds. The predicted molar refractivity (Wildman–Crippen MR) is 77.9 cm³/mol. The summed E-state index contributed by atoms with van der Waals surface area (Å²) in [5.41, 5.74) is 2.18. The van der Waals surface area contributed by atoms with Crippen molar-refractivity contribution in [1.29, 1.82) is 0 Å². The third-order valence-electron chi connectivity index (χ3n) is 2.42. The largest absolute Gasteiger partial charge is 0.477 e. The molecule has 0 atom stereocenters. The highest BCUT2D eigenvalue weighted by Crippen LogP contribution is 2.23. The van der Waals surface area contributed by atoms with Crippen LogP contribution in [0.5, 0.6) is 0 Å². The number of halogens is 2. The van der Waals surface area contributed by atoms with E-state index in [1.54, 1.807) is 10.6 Å². The minimum Gasteiger partial charge on any atom is -0.477 e. The quantitative estimate of drug-likeness (QED) is 0.771. The van der Waals surface area contributed by atoms with Crippen LogP contribution in [-0.2, 0) is 0 Å². The van der Waals surface area contributed by atoms with Crippen molar-refractivity contribution in [3.63, 3.8) is 0 Å². The van der Waals surface area contributed by atoms with Crippen LogP contribution in [0.1, 0.15) is 16.1 Å². The van der Waals surface area contributed by atoms with Crippen LogP contribution < -0.4 is 0 Å². The smallest absolute Gasteiger partial charge is 0.352 e. The minimum absolute atomic E-state index is 0.278. The summed E-state index contributed by atoms with van der Waals surface area (Å²) in [6.45, 7) is 1.96. The van der Waals surface area contributed by atoms with Gasteiger partial charge in [-0.3, -0.25) is 0 Å². The van der Waals surface area contributed by atoms with Crippen LogP contribution in [0, 0.1) is 10.5 Å². The zero-order chi connectivity index (χ0) is 12.6. The van der Waals surface area contributed by atoms with Gasteiger partial charge in [-0.2, -0.15) is 0 Å². The van der Waals surface area contributed by atoms with Crippen molar-refractivity contribution in [3.05, 3.63) is 49.8 Å². The summed E-state index contributed by atoms with van der Waals surface area (Å²) in [4.78, 5) is 11.2. The lowest BCUT2D eigenvalue weighted by molar-refractivity contribution is 0.0688. The summed E-state index contributed by atoms with van der Waals surface area (Å²) in [7, 11) is 0. The Bertz CT molecular complexity index is 592. The maximum atomic E-state index is 11.2. The van der Waals surface area contributed by atoms with Gasteiger partial charge in [-0.1, -0.05) is 15.9 Å². The SMILES string of the molecule is Cc1cc(Br)ccc1-n1cc(I)cc1C(=O)O. The lowest BCUT2D eigenvalue weighted by Crippen LogP contribution is -2.06. The highest BCUT2D eigenvalue weighted by Gasteiger charge is 2.14. The molecule has 0 saturated heterocycles. The molecule has 3 nitrogen and oxygen atoms in total. The van der Waals surface area contributed by atoms with Gasteiger partial charge >= 0.3 is 5.97 Å². The van der Waals surface area contributed by atoms with Gasteiger partial charge in [-0.05, 0) is 59.3 Å². The molecule has 0 aliphatic heterocycles. The molecule has 1 heterocycles. The number of hydrogen-bond acceptors (Lipinski definition) is 1. The van der Waals surface area contributed by atoms with E-state index in [0.29, 0.717) is 0 Å². The van der Waals surface area contributed by atoms with Gasteiger partial charge in [0.05, 0.1) is 0 Å². The van der Waals surface area contributed by atoms with Crippen molar-refractivity contribution in [3.8, 4) is 5.69 Å². The van der Waals surface area contributed by atoms with E-state index in [1.807, 2.05) is 31.3 Å². The molecule has 2 rings (SSSR count). The van der Waals surface area contributed by atoms with Gasteiger partial charge in [-0.25, -0.2) is 4.79 Å². The Morgan fingerprint density at radius 1 is 1.41 bits per heavy atom. The fraction of sp³-hybridized carbons (Fsp3) is 0.0833. The summed E-state index contributed by atoms with van der Waals surface area (Å²) >= 11 is 5.51. The standard InChI is InChI=1S/C12H9BrINO2/c1-7-4-8(13)2-3-10(7)15-6-9(14)5-11(15)12(16)17/h2-6H,1H3,(H,16,17). The van der Waals surface area contributed by atoms with Crippen LogP contribution in [0.2, 0.25) is 0 Å². The second kappa shape index (κ2) is 4.81. The Hall–Kier alpha value is -0.820. The normalized spacial score (nSPS) is 10.5. The average Bonchev–Trinajstić information content (AvgIpc) is 2.60. The number of aryl methyl sites for hydroxylation is 1. The Kier molecular flexibility index (Phi) is 3.58. The van der Waals surface area contributed by atoms with E-state index in [2.05, 4.69) is 38.5 Å². The molecule has 0 fully saturated rings. The van der Waals surface area contributed by atoms with Gasteiger partial charge in [0.15, 0.2) is 0 Å². The molecular weight excluding hydrogens is 397 g/mol. The summed E-state index contributed by atoms with van der Waals surface area (Å²) in [6, 6.07) is 7.43. The van der Waals surface area contributed by atoms with E-state index in [1.165, 1.54) is 0 Å². The van der Waals surface area contributed by atoms with Crippen molar-refractivity contribution in [1.82, 2.24) is 4.57 Å². The van der Waals surface area contributed by atoms with E-state index in [9.17, 15) is 4.79 Å². The Balaban J connectivity index is 2.63. The Morgan fingerprint density at radius 2 is 2.12 bits per heavy atom. The summed E-state index contributed by atoms with van der Waals surface area (Å²) in [5.74, 6) is -0.921. The summed E-state index contributed by atoms with van der Waals surface area (Å²) < 4.78 is 3.59. The molecule has 1 N–H and O–H groups in total. The van der Waals surface area contributed by atoms with Gasteiger partial charge in [0.1, 0.15) is 5.69 Å². The highest BCUT2D eigenvalue weighted by molar-refractivity contribution is 14.1. The van der Waals surface area contributed by atoms with Gasteiger partial charge in [0.25, 0.3) is 0 Å². The van der Waals surface area contributed by atoms with E-state index in [4.69, 9.17) is 5.11 Å². The summed E-state index contributed by atoms with van der Waals surface area (Å²) in [5, 5.41) is 9.15. The second-order valence-corrected chi connectivity index (χ2v) is 5.81. The first-order valence-electron chi connectivity index (χ1n) is 4.87. The van der Waals surface area contributed by atoms with Crippen LogP contribution >= 0.6 is 38.5 Å². The number of hydrogen-bond donors (Lipinski definition) is 1. The van der Waals surface area contributed by atoms with Gasteiger partial charge in [-0.15, -0.1) is 0 Å². The lowest BCUT2D eigenvalue weighted by Gasteiger charge is -2.09. The fourth-order valence-electron chi connectivity index (χ4n) is 1.68. The number of aromatic nitrogens is 1. The zero-order valence-electron chi connectivity index (χ0n) is 8.95. The molecule has 0 aliphatic rings. The molecule has 0 bridgehead atoms. The number of carboxylic acid groups (broad SMARTS) is 1. The van der Waals surface area contributed by atoms with Crippen LogP contribution in [0.15, 0.2) is 34.9 Å². The molecule has 0 spiro atoms. The molecule has 2 aromatic rings. The molecular formula is C12H9BrINO2. The molecule has 1 aromatic heterocycles. The monoisotopic (exact) mass is 405 g/mol. The number of aromatic carboxylic acids is 1. The van der Waals surface area contributed by atoms with Crippen LogP contribution in [0.4, 0.5) is 0 Å². The molecule has 17 heavy (non-hydrogen) atoms. The third kappa shape index (κ3) is 2.55. The molecule has 0 aliphatic carbocycles. The fourth-order valence-corrected chi connectivity index (χ4v) is 2.73. The predicted octanol–water partition coefficient (Wildman–Crippen LogP) is 3.85. The maximum Gasteiger partial charge on any atom is 0.352 e. The summed E-state index contributed by atoms with van der Waals surface area (Å²) in [6.07, 6.45) is 1.82. The average molecular weight is 406 g/mol. The van der Waals surface area contributed by atoms with Gasteiger partial charge < -0.3 is 9.67 Å².